The van der Waals surface area contributed by atoms with Crippen LogP contribution in [0.25, 0.3) is 10.9 Å². The minimum Gasteiger partial charge on any atom is -0.385 e. The summed E-state index contributed by atoms with van der Waals surface area (Å²) in [4.78, 5) is 3.15. The van der Waals surface area contributed by atoms with E-state index in [9.17, 15) is 5.11 Å². The van der Waals surface area contributed by atoms with Gasteiger partial charge in [0, 0.05) is 17.3 Å². The molecule has 3 heteroatoms. The molecule has 0 bridgehead atoms. The van der Waals surface area contributed by atoms with Crippen molar-refractivity contribution in [1.82, 2.24) is 4.98 Å². The minimum absolute atomic E-state index is 0.261. The predicted molar refractivity (Wildman–Crippen MR) is 56.9 cm³/mol. The van der Waals surface area contributed by atoms with Crippen LogP contribution >= 0.6 is 0 Å². The third-order valence-electron chi connectivity index (χ3n) is 2.37. The average Bonchev–Trinajstić information content (AvgIpc) is 2.59. The van der Waals surface area contributed by atoms with Crippen molar-refractivity contribution in [3.05, 3.63) is 36.0 Å². The van der Waals surface area contributed by atoms with Crippen molar-refractivity contribution >= 4 is 10.9 Å². The lowest BCUT2D eigenvalue weighted by Gasteiger charge is -2.11. The number of rotatable bonds is 2. The number of aliphatic hydroxyl groups excluding tert-OH is 1. The third-order valence-corrected chi connectivity index (χ3v) is 2.37. The summed E-state index contributed by atoms with van der Waals surface area (Å²) in [6.45, 7) is 1.79. The van der Waals surface area contributed by atoms with E-state index in [1.807, 2.05) is 30.3 Å². The summed E-state index contributed by atoms with van der Waals surface area (Å²) < 4.78 is 0. The Kier molecular flexibility index (Phi) is 2.27. The van der Waals surface area contributed by atoms with E-state index in [1.165, 1.54) is 0 Å². The molecule has 74 valence electrons. The van der Waals surface area contributed by atoms with Gasteiger partial charge >= 0.3 is 0 Å². The predicted octanol–water partition coefficient (Wildman–Crippen LogP) is 1.55. The molecular formula is C11H14N2O. The van der Waals surface area contributed by atoms with Crippen molar-refractivity contribution in [3.8, 4) is 0 Å². The fourth-order valence-electron chi connectivity index (χ4n) is 1.54. The van der Waals surface area contributed by atoms with Crippen LogP contribution in [0.4, 0.5) is 0 Å². The lowest BCUT2D eigenvalue weighted by molar-refractivity contribution is 0.149. The van der Waals surface area contributed by atoms with Gasteiger partial charge in [-0.2, -0.15) is 0 Å². The zero-order valence-corrected chi connectivity index (χ0v) is 8.07. The second-order valence-electron chi connectivity index (χ2n) is 3.62. The Morgan fingerprint density at radius 3 is 2.71 bits per heavy atom. The first-order chi connectivity index (χ1) is 6.68. The summed E-state index contributed by atoms with van der Waals surface area (Å²) in [7, 11) is 0. The zero-order chi connectivity index (χ0) is 10.1. The molecule has 0 spiro atoms. The highest BCUT2D eigenvalue weighted by atomic mass is 16.3. The Bertz CT molecular complexity index is 401. The Labute approximate surface area is 82.6 Å². The van der Waals surface area contributed by atoms with Gasteiger partial charge in [0.25, 0.3) is 0 Å². The molecule has 3 nitrogen and oxygen atoms in total. The van der Waals surface area contributed by atoms with Crippen LogP contribution in [-0.2, 0) is 0 Å². The molecular weight excluding hydrogens is 176 g/mol. The smallest absolute Gasteiger partial charge is 0.108 e. The fourth-order valence-corrected chi connectivity index (χ4v) is 1.54. The molecule has 14 heavy (non-hydrogen) atoms. The molecule has 4 N–H and O–H groups in total. The Morgan fingerprint density at radius 2 is 2.07 bits per heavy atom. The first-order valence-corrected chi connectivity index (χ1v) is 4.70. The summed E-state index contributed by atoms with van der Waals surface area (Å²) in [6, 6.07) is 9.58. The van der Waals surface area contributed by atoms with Crippen molar-refractivity contribution < 1.29 is 5.11 Å². The molecule has 0 saturated heterocycles. The highest BCUT2D eigenvalue weighted by molar-refractivity contribution is 5.80. The van der Waals surface area contributed by atoms with Gasteiger partial charge in [-0.3, -0.25) is 0 Å². The van der Waals surface area contributed by atoms with Crippen LogP contribution in [0.5, 0.6) is 0 Å². The largest absolute Gasteiger partial charge is 0.385 e. The molecule has 1 aromatic heterocycles. The zero-order valence-electron chi connectivity index (χ0n) is 8.07. The second-order valence-corrected chi connectivity index (χ2v) is 3.62. The molecule has 2 unspecified atom stereocenters. The number of nitrogens with one attached hydrogen (secondary N) is 1. The normalized spacial score (nSPS) is 15.6. The van der Waals surface area contributed by atoms with Crippen LogP contribution in [0.2, 0.25) is 0 Å². The lowest BCUT2D eigenvalue weighted by Crippen LogP contribution is -2.24. The SMILES string of the molecule is CC(N)C(O)c1cc2ccccc2[nH]1. The number of nitrogens with two attached hydrogens (primary N) is 1. The number of benzene rings is 1. The van der Waals surface area contributed by atoms with E-state index in [-0.39, 0.29) is 6.04 Å². The van der Waals surface area contributed by atoms with Gasteiger partial charge in [-0.25, -0.2) is 0 Å². The maximum Gasteiger partial charge on any atom is 0.108 e. The maximum absolute atomic E-state index is 9.74. The van der Waals surface area contributed by atoms with Crippen LogP contribution in [0.15, 0.2) is 30.3 Å². The third kappa shape index (κ3) is 1.52. The average molecular weight is 190 g/mol. The van der Waals surface area contributed by atoms with E-state index < -0.39 is 6.10 Å². The molecule has 0 aliphatic heterocycles. The van der Waals surface area contributed by atoms with Crippen LogP contribution in [0.1, 0.15) is 18.7 Å². The quantitative estimate of drug-likeness (QED) is 0.672. The number of para-hydroxylation sites is 1. The molecule has 2 rings (SSSR count). The number of aromatic nitrogens is 1. The van der Waals surface area contributed by atoms with E-state index >= 15 is 0 Å². The summed E-state index contributed by atoms with van der Waals surface area (Å²) in [5.74, 6) is 0. The maximum atomic E-state index is 9.74. The molecule has 0 aliphatic rings. The summed E-state index contributed by atoms with van der Waals surface area (Å²) >= 11 is 0. The van der Waals surface area contributed by atoms with E-state index in [0.29, 0.717) is 0 Å². The molecule has 2 aromatic rings. The highest BCUT2D eigenvalue weighted by Crippen LogP contribution is 2.20. The van der Waals surface area contributed by atoms with Crippen LogP contribution < -0.4 is 5.73 Å². The highest BCUT2D eigenvalue weighted by Gasteiger charge is 2.14. The van der Waals surface area contributed by atoms with Crippen molar-refractivity contribution in [1.29, 1.82) is 0 Å². The summed E-state index contributed by atoms with van der Waals surface area (Å²) in [5, 5.41) is 10.8. The monoisotopic (exact) mass is 190 g/mol. The van der Waals surface area contributed by atoms with E-state index in [0.717, 1.165) is 16.6 Å². The number of fused-ring (bicyclic) bond motifs is 1. The standard InChI is InChI=1S/C11H14N2O/c1-7(12)11(14)10-6-8-4-2-3-5-9(8)13-10/h2-7,11,13-14H,12H2,1H3. The fraction of sp³-hybridized carbons (Fsp3) is 0.273. The van der Waals surface area contributed by atoms with Crippen molar-refractivity contribution in [2.24, 2.45) is 5.73 Å². The Morgan fingerprint density at radius 1 is 1.36 bits per heavy atom. The molecule has 0 amide bonds. The van der Waals surface area contributed by atoms with Crippen molar-refractivity contribution in [2.75, 3.05) is 0 Å². The second kappa shape index (κ2) is 3.44. The number of H-pyrrole nitrogens is 1. The van der Waals surface area contributed by atoms with Gasteiger partial charge in [0.2, 0.25) is 0 Å². The molecule has 0 radical (unpaired) electrons. The number of hydrogen-bond donors (Lipinski definition) is 3. The van der Waals surface area contributed by atoms with Crippen LogP contribution in [-0.4, -0.2) is 16.1 Å². The topological polar surface area (TPSA) is 62.0 Å². The number of aromatic amines is 1. The summed E-state index contributed by atoms with van der Waals surface area (Å²) in [6.07, 6.45) is -0.623. The molecule has 0 aliphatic carbocycles. The summed E-state index contributed by atoms with van der Waals surface area (Å²) in [5.41, 5.74) is 7.43. The Balaban J connectivity index is 2.45. The first-order valence-electron chi connectivity index (χ1n) is 4.70. The molecule has 1 aromatic carbocycles. The minimum atomic E-state index is -0.623. The van der Waals surface area contributed by atoms with Gasteiger partial charge in [0.05, 0.1) is 0 Å². The van der Waals surface area contributed by atoms with Gasteiger partial charge in [0.1, 0.15) is 6.10 Å². The van der Waals surface area contributed by atoms with Gasteiger partial charge < -0.3 is 15.8 Å². The first kappa shape index (κ1) is 9.24. The molecule has 0 fully saturated rings. The number of aliphatic hydroxyl groups is 1. The van der Waals surface area contributed by atoms with Gasteiger partial charge in [-0.1, -0.05) is 18.2 Å². The van der Waals surface area contributed by atoms with Crippen molar-refractivity contribution in [2.45, 2.75) is 19.1 Å². The van der Waals surface area contributed by atoms with E-state index in [1.54, 1.807) is 6.92 Å². The Hall–Kier alpha value is -1.32. The van der Waals surface area contributed by atoms with Gasteiger partial charge in [0.15, 0.2) is 0 Å². The molecule has 0 saturated carbocycles. The van der Waals surface area contributed by atoms with Gasteiger partial charge in [-0.05, 0) is 24.4 Å². The van der Waals surface area contributed by atoms with Crippen LogP contribution in [0, 0.1) is 0 Å². The van der Waals surface area contributed by atoms with Crippen molar-refractivity contribution in [3.63, 3.8) is 0 Å². The van der Waals surface area contributed by atoms with E-state index in [4.69, 9.17) is 5.73 Å². The van der Waals surface area contributed by atoms with Gasteiger partial charge in [-0.15, -0.1) is 0 Å². The molecule has 1 heterocycles. The van der Waals surface area contributed by atoms with Crippen LogP contribution in [0.3, 0.4) is 0 Å². The lowest BCUT2D eigenvalue weighted by atomic mass is 10.1. The van der Waals surface area contributed by atoms with E-state index in [2.05, 4.69) is 4.98 Å². The molecule has 2 atom stereocenters. The number of hydrogen-bond acceptors (Lipinski definition) is 2.